The van der Waals surface area contributed by atoms with Gasteiger partial charge in [0.25, 0.3) is 0 Å². The van der Waals surface area contributed by atoms with Gasteiger partial charge in [-0.1, -0.05) is 0 Å². The zero-order valence-corrected chi connectivity index (χ0v) is 7.54. The maximum absolute atomic E-state index is 11.5. The number of hydrogen-bond acceptors (Lipinski definition) is 1. The van der Waals surface area contributed by atoms with Gasteiger partial charge in [0.1, 0.15) is 6.67 Å². The molecule has 0 fully saturated rings. The summed E-state index contributed by atoms with van der Waals surface area (Å²) in [6.07, 6.45) is 0. The van der Waals surface area contributed by atoms with E-state index in [1.54, 1.807) is 0 Å². The van der Waals surface area contributed by atoms with Crippen LogP contribution in [0.25, 0.3) is 0 Å². The summed E-state index contributed by atoms with van der Waals surface area (Å²) in [6.45, 7) is -0.592. The highest BCUT2D eigenvalue weighted by atomic mass is 35.5. The third-order valence-electron chi connectivity index (χ3n) is 0.841. The maximum atomic E-state index is 11.5. The van der Waals surface area contributed by atoms with E-state index in [0.717, 1.165) is 0 Å². The summed E-state index contributed by atoms with van der Waals surface area (Å²) in [5, 5.41) is 4.35. The molecule has 0 radical (unpaired) electrons. The molecule has 1 unspecified atom stereocenters. The van der Waals surface area contributed by atoms with E-state index in [-0.39, 0.29) is 19.0 Å². The molecule has 7 heteroatoms. The van der Waals surface area contributed by atoms with Crippen LogP contribution in [0, 0.1) is 0 Å². The van der Waals surface area contributed by atoms with E-state index in [2.05, 4.69) is 10.2 Å². The van der Waals surface area contributed by atoms with Crippen molar-refractivity contribution in [1.29, 1.82) is 0 Å². The fourth-order valence-electron chi connectivity index (χ4n) is 0.444. The molecule has 0 saturated carbocycles. The van der Waals surface area contributed by atoms with Crippen molar-refractivity contribution in [2.24, 2.45) is 0 Å². The molecule has 0 heterocycles. The van der Waals surface area contributed by atoms with E-state index in [9.17, 15) is 8.96 Å². The first-order valence-electron chi connectivity index (χ1n) is 3.07. The number of rotatable bonds is 6. The first-order valence-corrected chi connectivity index (χ1v) is 5.27. The fraction of sp³-hybridized carbons (Fsp3) is 1.00. The lowest BCUT2D eigenvalue weighted by Crippen LogP contribution is -2.25. The summed E-state index contributed by atoms with van der Waals surface area (Å²) < 4.78 is 22.3. The van der Waals surface area contributed by atoms with E-state index in [1.807, 2.05) is 0 Å². The molecule has 1 atom stereocenters. The predicted molar refractivity (Wildman–Crippen MR) is 42.5 cm³/mol. The molecule has 0 rings (SSSR count). The third kappa shape index (κ3) is 6.72. The lowest BCUT2D eigenvalue weighted by molar-refractivity contribution is 0.432. The van der Waals surface area contributed by atoms with Gasteiger partial charge in [0.05, 0.1) is 0 Å². The second kappa shape index (κ2) is 5.91. The second-order valence-corrected chi connectivity index (χ2v) is 3.93. The van der Waals surface area contributed by atoms with Crippen molar-refractivity contribution in [3.8, 4) is 0 Å². The Bertz CT molecular complexity index is 136. The van der Waals surface area contributed by atoms with Crippen LogP contribution in [0.2, 0.25) is 0 Å². The molecule has 3 N–H and O–H groups in total. The van der Waals surface area contributed by atoms with Crippen LogP contribution in [0.4, 0.5) is 4.39 Å². The van der Waals surface area contributed by atoms with E-state index >= 15 is 0 Å². The number of nitrogens with one attached hydrogen (secondary N) is 2. The van der Waals surface area contributed by atoms with Crippen LogP contribution in [-0.4, -0.2) is 30.5 Å². The number of alkyl halides is 2. The van der Waals surface area contributed by atoms with Gasteiger partial charge < -0.3 is 4.89 Å². The molecule has 4 nitrogen and oxygen atoms in total. The summed E-state index contributed by atoms with van der Waals surface area (Å²) in [5.41, 5.74) is 0. The van der Waals surface area contributed by atoms with Crippen LogP contribution in [-0.2, 0) is 4.57 Å². The van der Waals surface area contributed by atoms with Gasteiger partial charge in [-0.15, -0.1) is 11.6 Å². The van der Waals surface area contributed by atoms with Crippen LogP contribution in [0.15, 0.2) is 0 Å². The van der Waals surface area contributed by atoms with Crippen molar-refractivity contribution in [3.05, 3.63) is 0 Å². The van der Waals surface area contributed by atoms with Crippen molar-refractivity contribution in [2.45, 2.75) is 0 Å². The van der Waals surface area contributed by atoms with Gasteiger partial charge >= 0.3 is 7.67 Å². The van der Waals surface area contributed by atoms with Gasteiger partial charge in [-0.2, -0.15) is 0 Å². The Labute approximate surface area is 69.7 Å². The van der Waals surface area contributed by atoms with Crippen LogP contribution < -0.4 is 10.2 Å². The van der Waals surface area contributed by atoms with Gasteiger partial charge in [0.15, 0.2) is 0 Å². The standard InChI is InChI=1S/C4H11ClFN2O2P/c5-1-3-7-11(9,10)8-4-2-6/h1-4H2,(H3,7,8,9,10). The van der Waals surface area contributed by atoms with Crippen LogP contribution >= 0.6 is 19.3 Å². The molecule has 0 aliphatic rings. The van der Waals surface area contributed by atoms with Crippen molar-refractivity contribution in [3.63, 3.8) is 0 Å². The van der Waals surface area contributed by atoms with Gasteiger partial charge in [-0.25, -0.2) is 14.6 Å². The summed E-state index contributed by atoms with van der Waals surface area (Å²) in [4.78, 5) is 8.88. The molecular formula is C4H11ClFN2O2P. The summed E-state index contributed by atoms with van der Waals surface area (Å²) in [5.74, 6) is 0.238. The molecule has 0 aliphatic heterocycles. The van der Waals surface area contributed by atoms with Crippen molar-refractivity contribution >= 4 is 19.3 Å². The zero-order valence-electron chi connectivity index (χ0n) is 5.89. The fourth-order valence-corrected chi connectivity index (χ4v) is 1.58. The second-order valence-electron chi connectivity index (χ2n) is 1.77. The van der Waals surface area contributed by atoms with E-state index < -0.39 is 14.3 Å². The molecule has 0 aromatic carbocycles. The average Bonchev–Trinajstić information content (AvgIpc) is 1.97. The van der Waals surface area contributed by atoms with E-state index in [4.69, 9.17) is 16.5 Å². The molecule has 0 bridgehead atoms. The third-order valence-corrected chi connectivity index (χ3v) is 2.33. The molecule has 68 valence electrons. The predicted octanol–water partition coefficient (Wildman–Crippen LogP) is 0.474. The Hall–Kier alpha value is 0.330. The minimum atomic E-state index is -3.55. The highest BCUT2D eigenvalue weighted by Crippen LogP contribution is 2.27. The van der Waals surface area contributed by atoms with Crippen LogP contribution in [0.1, 0.15) is 0 Å². The maximum Gasteiger partial charge on any atom is 0.338 e. The first kappa shape index (κ1) is 11.3. The number of halogens is 2. The van der Waals surface area contributed by atoms with Crippen LogP contribution in [0.5, 0.6) is 0 Å². The highest BCUT2D eigenvalue weighted by molar-refractivity contribution is 7.53. The largest absolute Gasteiger partial charge is 0.338 e. The molecule has 0 amide bonds. The Morgan fingerprint density at radius 2 is 2.00 bits per heavy atom. The summed E-state index contributed by atoms with van der Waals surface area (Å²) in [7, 11) is -3.55. The van der Waals surface area contributed by atoms with Crippen molar-refractivity contribution < 1.29 is 13.8 Å². The van der Waals surface area contributed by atoms with E-state index in [0.29, 0.717) is 0 Å². The lowest BCUT2D eigenvalue weighted by Gasteiger charge is -2.11. The Morgan fingerprint density at radius 3 is 2.45 bits per heavy atom. The minimum Gasteiger partial charge on any atom is -0.322 e. The Kier molecular flexibility index (Phi) is 6.09. The zero-order chi connectivity index (χ0) is 8.74. The van der Waals surface area contributed by atoms with Gasteiger partial charge in [-0.3, -0.25) is 4.57 Å². The molecule has 0 aliphatic carbocycles. The van der Waals surface area contributed by atoms with Crippen molar-refractivity contribution in [2.75, 3.05) is 25.6 Å². The van der Waals surface area contributed by atoms with Crippen LogP contribution in [0.3, 0.4) is 0 Å². The van der Waals surface area contributed by atoms with Crippen molar-refractivity contribution in [1.82, 2.24) is 10.2 Å². The molecule has 0 aromatic heterocycles. The Balaban J connectivity index is 3.53. The molecule has 0 saturated heterocycles. The minimum absolute atomic E-state index is 0.136. The summed E-state index contributed by atoms with van der Waals surface area (Å²) in [6, 6.07) is 0. The smallest absolute Gasteiger partial charge is 0.322 e. The lowest BCUT2D eigenvalue weighted by atomic mass is 10.8. The molecule has 0 spiro atoms. The monoisotopic (exact) mass is 204 g/mol. The van der Waals surface area contributed by atoms with Gasteiger partial charge in [0.2, 0.25) is 0 Å². The normalized spacial score (nSPS) is 16.3. The van der Waals surface area contributed by atoms with E-state index in [1.165, 1.54) is 0 Å². The highest BCUT2D eigenvalue weighted by Gasteiger charge is 2.14. The van der Waals surface area contributed by atoms with Gasteiger partial charge in [0, 0.05) is 19.0 Å². The molecule has 0 aromatic rings. The molecule has 11 heavy (non-hydrogen) atoms. The summed E-state index contributed by atoms with van der Waals surface area (Å²) >= 11 is 5.25. The topological polar surface area (TPSA) is 61.4 Å². The quantitative estimate of drug-likeness (QED) is 0.435. The first-order chi connectivity index (χ1) is 5.12. The van der Waals surface area contributed by atoms with Gasteiger partial charge in [-0.05, 0) is 0 Å². The Morgan fingerprint density at radius 1 is 1.45 bits per heavy atom. The SMILES string of the molecule is O=P(O)(NCCF)NCCCl. The molecular weight excluding hydrogens is 193 g/mol. The average molecular weight is 205 g/mol. The number of hydrogen-bond donors (Lipinski definition) is 3.